The Kier molecular flexibility index (Phi) is 3.67. The highest BCUT2D eigenvalue weighted by Crippen LogP contribution is 2.32. The lowest BCUT2D eigenvalue weighted by atomic mass is 10.1. The molecule has 0 aliphatic heterocycles. The third-order valence-electron chi connectivity index (χ3n) is 3.78. The summed E-state index contributed by atoms with van der Waals surface area (Å²) in [7, 11) is 0. The van der Waals surface area contributed by atoms with E-state index < -0.39 is 0 Å². The van der Waals surface area contributed by atoms with Crippen LogP contribution in [0.5, 0.6) is 0 Å². The molecule has 0 saturated carbocycles. The fourth-order valence-electron chi connectivity index (χ4n) is 2.79. The molecule has 2 atom stereocenters. The van der Waals surface area contributed by atoms with E-state index in [-0.39, 0.29) is 0 Å². The number of halogens is 1. The van der Waals surface area contributed by atoms with Crippen LogP contribution in [-0.4, -0.2) is 4.98 Å². The normalized spacial score (nSPS) is 19.2. The standard InChI is InChI=1S/C16H17BrN2/c1-11(13-6-2-3-7-14(13)17)19-15-9-8-12-5-4-10-18-16(12)15/h2-7,10-11,15,19H,8-9H2,1H3/t11-,15?/m0/s1. The molecule has 19 heavy (non-hydrogen) atoms. The van der Waals surface area contributed by atoms with Gasteiger partial charge in [-0.1, -0.05) is 40.2 Å². The topological polar surface area (TPSA) is 24.9 Å². The average Bonchev–Trinajstić information content (AvgIpc) is 2.83. The molecule has 0 bridgehead atoms. The Morgan fingerprint density at radius 2 is 2.11 bits per heavy atom. The summed E-state index contributed by atoms with van der Waals surface area (Å²) in [6, 6.07) is 13.3. The number of hydrogen-bond acceptors (Lipinski definition) is 2. The predicted molar refractivity (Wildman–Crippen MR) is 81.0 cm³/mol. The van der Waals surface area contributed by atoms with Gasteiger partial charge in [0, 0.05) is 16.7 Å². The Balaban J connectivity index is 1.78. The van der Waals surface area contributed by atoms with Crippen LogP contribution in [0.15, 0.2) is 47.1 Å². The van der Waals surface area contributed by atoms with Crippen LogP contribution in [0, 0.1) is 0 Å². The number of fused-ring (bicyclic) bond motifs is 1. The Labute approximate surface area is 122 Å². The Bertz CT molecular complexity index is 582. The fraction of sp³-hybridized carbons (Fsp3) is 0.312. The second kappa shape index (κ2) is 5.43. The zero-order valence-corrected chi connectivity index (χ0v) is 12.5. The predicted octanol–water partition coefficient (Wildman–Crippen LogP) is 4.18. The molecule has 3 heteroatoms. The third-order valence-corrected chi connectivity index (χ3v) is 4.50. The van der Waals surface area contributed by atoms with E-state index >= 15 is 0 Å². The van der Waals surface area contributed by atoms with Crippen molar-refractivity contribution in [3.05, 3.63) is 63.9 Å². The van der Waals surface area contributed by atoms with E-state index in [4.69, 9.17) is 0 Å². The van der Waals surface area contributed by atoms with Crippen molar-refractivity contribution in [1.29, 1.82) is 0 Å². The first-order valence-corrected chi connectivity index (χ1v) is 7.49. The summed E-state index contributed by atoms with van der Waals surface area (Å²) in [5.41, 5.74) is 3.91. The highest BCUT2D eigenvalue weighted by Gasteiger charge is 2.25. The Hall–Kier alpha value is -1.19. The minimum atomic E-state index is 0.313. The maximum Gasteiger partial charge on any atom is 0.0605 e. The molecule has 0 saturated heterocycles. The summed E-state index contributed by atoms with van der Waals surface area (Å²) in [6.45, 7) is 2.21. The zero-order valence-electron chi connectivity index (χ0n) is 10.9. The smallest absolute Gasteiger partial charge is 0.0605 e. The molecule has 1 aromatic carbocycles. The van der Waals surface area contributed by atoms with Gasteiger partial charge in [-0.2, -0.15) is 0 Å². The largest absolute Gasteiger partial charge is 0.302 e. The van der Waals surface area contributed by atoms with Crippen molar-refractivity contribution in [3.8, 4) is 0 Å². The van der Waals surface area contributed by atoms with Crippen LogP contribution >= 0.6 is 15.9 Å². The number of aryl methyl sites for hydroxylation is 1. The van der Waals surface area contributed by atoms with Crippen molar-refractivity contribution < 1.29 is 0 Å². The maximum absolute atomic E-state index is 4.54. The van der Waals surface area contributed by atoms with Crippen LogP contribution in [0.25, 0.3) is 0 Å². The van der Waals surface area contributed by atoms with Crippen LogP contribution in [0.3, 0.4) is 0 Å². The van der Waals surface area contributed by atoms with Crippen molar-refractivity contribution in [2.24, 2.45) is 0 Å². The quantitative estimate of drug-likeness (QED) is 0.918. The van der Waals surface area contributed by atoms with Crippen molar-refractivity contribution in [1.82, 2.24) is 10.3 Å². The van der Waals surface area contributed by atoms with Gasteiger partial charge in [0.15, 0.2) is 0 Å². The molecule has 2 nitrogen and oxygen atoms in total. The number of aromatic nitrogens is 1. The van der Waals surface area contributed by atoms with Gasteiger partial charge in [0.2, 0.25) is 0 Å². The molecule has 0 radical (unpaired) electrons. The summed E-state index contributed by atoms with van der Waals surface area (Å²) < 4.78 is 1.16. The molecule has 98 valence electrons. The van der Waals surface area contributed by atoms with Gasteiger partial charge in [-0.25, -0.2) is 0 Å². The molecular weight excluding hydrogens is 300 g/mol. The summed E-state index contributed by atoms with van der Waals surface area (Å²) in [5.74, 6) is 0. The van der Waals surface area contributed by atoms with E-state index in [0.29, 0.717) is 12.1 Å². The Morgan fingerprint density at radius 3 is 2.95 bits per heavy atom. The number of rotatable bonds is 3. The molecule has 0 fully saturated rings. The van der Waals surface area contributed by atoms with Gasteiger partial charge >= 0.3 is 0 Å². The third kappa shape index (κ3) is 2.58. The lowest BCUT2D eigenvalue weighted by molar-refractivity contribution is 0.457. The van der Waals surface area contributed by atoms with Crippen LogP contribution in [0.2, 0.25) is 0 Å². The summed E-state index contributed by atoms with van der Waals surface area (Å²) in [4.78, 5) is 4.54. The van der Waals surface area contributed by atoms with Crippen LogP contribution < -0.4 is 5.32 Å². The SMILES string of the molecule is C[C@H](NC1CCc2cccnc21)c1ccccc1Br. The summed E-state index contributed by atoms with van der Waals surface area (Å²) in [6.07, 6.45) is 4.16. The molecule has 1 aliphatic carbocycles. The van der Waals surface area contributed by atoms with Gasteiger partial charge in [-0.3, -0.25) is 4.98 Å². The van der Waals surface area contributed by atoms with Crippen LogP contribution in [0.4, 0.5) is 0 Å². The zero-order chi connectivity index (χ0) is 13.2. The number of hydrogen-bond donors (Lipinski definition) is 1. The first kappa shape index (κ1) is 12.8. The monoisotopic (exact) mass is 316 g/mol. The van der Waals surface area contributed by atoms with E-state index in [2.05, 4.69) is 57.4 Å². The number of nitrogens with one attached hydrogen (secondary N) is 1. The van der Waals surface area contributed by atoms with Gasteiger partial charge in [0.1, 0.15) is 0 Å². The second-order valence-corrected chi connectivity index (χ2v) is 5.90. The molecule has 1 heterocycles. The average molecular weight is 317 g/mol. The molecule has 0 spiro atoms. The molecule has 0 amide bonds. The second-order valence-electron chi connectivity index (χ2n) is 5.05. The number of pyridine rings is 1. The molecule has 1 N–H and O–H groups in total. The van der Waals surface area contributed by atoms with E-state index in [0.717, 1.165) is 17.3 Å². The molecule has 2 aromatic rings. The van der Waals surface area contributed by atoms with E-state index in [1.165, 1.54) is 16.8 Å². The lowest BCUT2D eigenvalue weighted by Gasteiger charge is -2.21. The van der Waals surface area contributed by atoms with Crippen molar-refractivity contribution in [2.45, 2.75) is 31.8 Å². The molecular formula is C16H17BrN2. The first-order chi connectivity index (χ1) is 9.25. The van der Waals surface area contributed by atoms with Crippen molar-refractivity contribution >= 4 is 15.9 Å². The van der Waals surface area contributed by atoms with Gasteiger partial charge in [-0.05, 0) is 43.0 Å². The minimum absolute atomic E-state index is 0.313. The van der Waals surface area contributed by atoms with E-state index in [9.17, 15) is 0 Å². The van der Waals surface area contributed by atoms with Crippen LogP contribution in [0.1, 0.15) is 42.2 Å². The van der Waals surface area contributed by atoms with Crippen molar-refractivity contribution in [3.63, 3.8) is 0 Å². The fourth-order valence-corrected chi connectivity index (χ4v) is 3.42. The highest BCUT2D eigenvalue weighted by molar-refractivity contribution is 9.10. The molecule has 1 unspecified atom stereocenters. The van der Waals surface area contributed by atoms with Gasteiger partial charge < -0.3 is 5.32 Å². The van der Waals surface area contributed by atoms with Gasteiger partial charge in [-0.15, -0.1) is 0 Å². The first-order valence-electron chi connectivity index (χ1n) is 6.70. The summed E-state index contributed by atoms with van der Waals surface area (Å²) in [5, 5.41) is 3.70. The van der Waals surface area contributed by atoms with Gasteiger partial charge in [0.25, 0.3) is 0 Å². The minimum Gasteiger partial charge on any atom is -0.302 e. The van der Waals surface area contributed by atoms with E-state index in [1.807, 2.05) is 18.3 Å². The molecule has 1 aliphatic rings. The van der Waals surface area contributed by atoms with Crippen molar-refractivity contribution in [2.75, 3.05) is 0 Å². The van der Waals surface area contributed by atoms with E-state index in [1.54, 1.807) is 0 Å². The molecule has 3 rings (SSSR count). The maximum atomic E-state index is 4.54. The van der Waals surface area contributed by atoms with Gasteiger partial charge in [0.05, 0.1) is 11.7 Å². The Morgan fingerprint density at radius 1 is 1.26 bits per heavy atom. The van der Waals surface area contributed by atoms with Crippen LogP contribution in [-0.2, 0) is 6.42 Å². The molecule has 1 aromatic heterocycles. The lowest BCUT2D eigenvalue weighted by Crippen LogP contribution is -2.23. The highest BCUT2D eigenvalue weighted by atomic mass is 79.9. The number of benzene rings is 1. The number of nitrogens with zero attached hydrogens (tertiary/aromatic N) is 1. The summed E-state index contributed by atoms with van der Waals surface area (Å²) >= 11 is 3.62.